The predicted octanol–water partition coefficient (Wildman–Crippen LogP) is 5.21. The molecule has 0 aliphatic heterocycles. The number of nitrogens with zero attached hydrogens (tertiary/aromatic N) is 2. The van der Waals surface area contributed by atoms with Crippen molar-refractivity contribution in [3.8, 4) is 0 Å². The van der Waals surface area contributed by atoms with Crippen molar-refractivity contribution in [3.63, 3.8) is 0 Å². The van der Waals surface area contributed by atoms with Crippen LogP contribution in [0.2, 0.25) is 0 Å². The number of thiazole rings is 1. The summed E-state index contributed by atoms with van der Waals surface area (Å²) in [6.45, 7) is 10.2. The SMILES string of the molecule is CC(C)N(CCC(c1ccccc1)c1cncs1)C(C)C.Cl. The molecule has 2 rings (SSSR count). The molecule has 2 nitrogen and oxygen atoms in total. The van der Waals surface area contributed by atoms with Gasteiger partial charge in [-0.2, -0.15) is 0 Å². The number of rotatable bonds is 7. The van der Waals surface area contributed by atoms with Gasteiger partial charge in [-0.25, -0.2) is 0 Å². The molecule has 0 amide bonds. The highest BCUT2D eigenvalue weighted by molar-refractivity contribution is 7.09. The lowest BCUT2D eigenvalue weighted by Crippen LogP contribution is -2.38. The van der Waals surface area contributed by atoms with Gasteiger partial charge in [-0.3, -0.25) is 9.88 Å². The Morgan fingerprint density at radius 2 is 1.68 bits per heavy atom. The van der Waals surface area contributed by atoms with Crippen molar-refractivity contribution in [3.05, 3.63) is 52.5 Å². The minimum Gasteiger partial charge on any atom is -0.299 e. The van der Waals surface area contributed by atoms with E-state index in [4.69, 9.17) is 0 Å². The Labute approximate surface area is 145 Å². The highest BCUT2D eigenvalue weighted by Gasteiger charge is 2.19. The molecular weight excluding hydrogens is 312 g/mol. The zero-order valence-corrected chi connectivity index (χ0v) is 15.5. The predicted molar refractivity (Wildman–Crippen MR) is 99.2 cm³/mol. The molecule has 1 unspecified atom stereocenters. The first-order chi connectivity index (χ1) is 10.1. The van der Waals surface area contributed by atoms with Crippen molar-refractivity contribution in [2.75, 3.05) is 6.54 Å². The maximum atomic E-state index is 4.27. The van der Waals surface area contributed by atoms with Crippen molar-refractivity contribution >= 4 is 23.7 Å². The molecule has 1 heterocycles. The third-order valence-electron chi connectivity index (χ3n) is 4.00. The molecule has 0 bridgehead atoms. The van der Waals surface area contributed by atoms with E-state index in [1.54, 1.807) is 11.3 Å². The second kappa shape index (κ2) is 9.29. The molecule has 0 aliphatic carbocycles. The molecule has 4 heteroatoms. The Balaban J connectivity index is 0.00000242. The van der Waals surface area contributed by atoms with Crippen molar-refractivity contribution in [2.24, 2.45) is 0 Å². The average molecular weight is 339 g/mol. The summed E-state index contributed by atoms with van der Waals surface area (Å²) in [5.41, 5.74) is 3.34. The molecule has 0 saturated carbocycles. The van der Waals surface area contributed by atoms with Crippen molar-refractivity contribution in [1.29, 1.82) is 0 Å². The van der Waals surface area contributed by atoms with Crippen molar-refractivity contribution < 1.29 is 0 Å². The molecule has 0 radical (unpaired) electrons. The Morgan fingerprint density at radius 1 is 1.05 bits per heavy atom. The fourth-order valence-electron chi connectivity index (χ4n) is 2.95. The van der Waals surface area contributed by atoms with Crippen LogP contribution < -0.4 is 0 Å². The molecule has 0 spiro atoms. The van der Waals surface area contributed by atoms with Gasteiger partial charge in [0.05, 0.1) is 5.51 Å². The number of aromatic nitrogens is 1. The van der Waals surface area contributed by atoms with Crippen LogP contribution >= 0.6 is 23.7 Å². The van der Waals surface area contributed by atoms with Crippen LogP contribution in [-0.4, -0.2) is 28.5 Å². The highest BCUT2D eigenvalue weighted by atomic mass is 35.5. The van der Waals surface area contributed by atoms with Crippen molar-refractivity contribution in [2.45, 2.75) is 52.1 Å². The fraction of sp³-hybridized carbons (Fsp3) is 0.500. The minimum absolute atomic E-state index is 0. The molecule has 22 heavy (non-hydrogen) atoms. The van der Waals surface area contributed by atoms with Crippen LogP contribution in [0.5, 0.6) is 0 Å². The van der Waals surface area contributed by atoms with Gasteiger partial charge < -0.3 is 0 Å². The highest BCUT2D eigenvalue weighted by Crippen LogP contribution is 2.31. The standard InChI is InChI=1S/C18H26N2S.ClH/c1-14(2)20(15(3)4)11-10-17(18-12-19-13-21-18)16-8-6-5-7-9-16;/h5-9,12-15,17H,10-11H2,1-4H3;1H. The minimum atomic E-state index is 0. The maximum Gasteiger partial charge on any atom is 0.0794 e. The summed E-state index contributed by atoms with van der Waals surface area (Å²) in [6.07, 6.45) is 3.17. The smallest absolute Gasteiger partial charge is 0.0794 e. The van der Waals surface area contributed by atoms with Gasteiger partial charge in [0.15, 0.2) is 0 Å². The summed E-state index contributed by atoms with van der Waals surface area (Å²) in [5.74, 6) is 0.457. The third kappa shape index (κ3) is 5.08. The second-order valence-corrected chi connectivity index (χ2v) is 7.00. The van der Waals surface area contributed by atoms with Gasteiger partial charge in [-0.05, 0) is 46.2 Å². The van der Waals surface area contributed by atoms with E-state index in [2.05, 4.69) is 67.9 Å². The van der Waals surface area contributed by atoms with E-state index < -0.39 is 0 Å². The van der Waals surface area contributed by atoms with Crippen LogP contribution in [0, 0.1) is 0 Å². The molecule has 2 aromatic rings. The van der Waals surface area contributed by atoms with Crippen LogP contribution in [0.25, 0.3) is 0 Å². The number of halogens is 1. The topological polar surface area (TPSA) is 16.1 Å². The third-order valence-corrected chi connectivity index (χ3v) is 4.89. The van der Waals surface area contributed by atoms with E-state index >= 15 is 0 Å². The van der Waals surface area contributed by atoms with Gasteiger partial charge in [0.1, 0.15) is 0 Å². The number of hydrogen-bond acceptors (Lipinski definition) is 3. The number of benzene rings is 1. The molecule has 1 aromatic carbocycles. The van der Waals surface area contributed by atoms with Crippen molar-refractivity contribution in [1.82, 2.24) is 9.88 Å². The Bertz CT molecular complexity index is 503. The van der Waals surface area contributed by atoms with E-state index in [-0.39, 0.29) is 12.4 Å². The molecule has 0 aliphatic rings. The molecule has 0 fully saturated rings. The van der Waals surface area contributed by atoms with Gasteiger partial charge >= 0.3 is 0 Å². The van der Waals surface area contributed by atoms with Gasteiger partial charge in [0.25, 0.3) is 0 Å². The van der Waals surface area contributed by atoms with Gasteiger partial charge in [0, 0.05) is 29.1 Å². The first-order valence-corrected chi connectivity index (χ1v) is 8.66. The van der Waals surface area contributed by atoms with Gasteiger partial charge in [-0.15, -0.1) is 23.7 Å². The molecular formula is C18H27ClN2S. The zero-order chi connectivity index (χ0) is 15.2. The fourth-order valence-corrected chi connectivity index (χ4v) is 3.73. The van der Waals surface area contributed by atoms with Crippen LogP contribution in [0.4, 0.5) is 0 Å². The largest absolute Gasteiger partial charge is 0.299 e. The van der Waals surface area contributed by atoms with Crippen LogP contribution in [0.3, 0.4) is 0 Å². The molecule has 0 saturated heterocycles. The number of hydrogen-bond donors (Lipinski definition) is 0. The summed E-state index contributed by atoms with van der Waals surface area (Å²) >= 11 is 1.76. The zero-order valence-electron chi connectivity index (χ0n) is 13.9. The van der Waals surface area contributed by atoms with Crippen LogP contribution in [-0.2, 0) is 0 Å². The van der Waals surface area contributed by atoms with E-state index in [1.165, 1.54) is 10.4 Å². The Morgan fingerprint density at radius 3 is 2.18 bits per heavy atom. The maximum absolute atomic E-state index is 4.27. The summed E-state index contributed by atoms with van der Waals surface area (Å²) in [7, 11) is 0. The summed E-state index contributed by atoms with van der Waals surface area (Å²) < 4.78 is 0. The summed E-state index contributed by atoms with van der Waals surface area (Å²) in [4.78, 5) is 8.21. The summed E-state index contributed by atoms with van der Waals surface area (Å²) in [6, 6.07) is 12.0. The van der Waals surface area contributed by atoms with Crippen LogP contribution in [0.15, 0.2) is 42.0 Å². The molecule has 1 aromatic heterocycles. The molecule has 122 valence electrons. The lowest BCUT2D eigenvalue weighted by atomic mass is 9.94. The van der Waals surface area contributed by atoms with E-state index in [9.17, 15) is 0 Å². The quantitative estimate of drug-likeness (QED) is 0.689. The average Bonchev–Trinajstić information content (AvgIpc) is 2.97. The molecule has 0 N–H and O–H groups in total. The van der Waals surface area contributed by atoms with E-state index in [1.807, 2.05) is 11.7 Å². The first-order valence-electron chi connectivity index (χ1n) is 7.78. The normalized spacial score (nSPS) is 12.7. The monoisotopic (exact) mass is 338 g/mol. The lowest BCUT2D eigenvalue weighted by Gasteiger charge is -2.32. The van der Waals surface area contributed by atoms with Crippen LogP contribution in [0.1, 0.15) is 50.5 Å². The first kappa shape index (κ1) is 19.1. The lowest BCUT2D eigenvalue weighted by molar-refractivity contribution is 0.171. The Kier molecular flexibility index (Phi) is 8.08. The summed E-state index contributed by atoms with van der Waals surface area (Å²) in [5, 5.41) is 0. The van der Waals surface area contributed by atoms with E-state index in [0.717, 1.165) is 13.0 Å². The second-order valence-electron chi connectivity index (χ2n) is 6.08. The van der Waals surface area contributed by atoms with Gasteiger partial charge in [-0.1, -0.05) is 30.3 Å². The van der Waals surface area contributed by atoms with E-state index in [0.29, 0.717) is 18.0 Å². The molecule has 1 atom stereocenters. The van der Waals surface area contributed by atoms with Gasteiger partial charge in [0.2, 0.25) is 0 Å². The Hall–Kier alpha value is -0.900.